The quantitative estimate of drug-likeness (QED) is 0.940. The molecule has 1 aliphatic heterocycles. The third kappa shape index (κ3) is 3.90. The number of carbonyl (C=O) groups excluding carboxylic acids is 1. The average Bonchev–Trinajstić information content (AvgIpc) is 3.00. The first-order chi connectivity index (χ1) is 11.1. The first kappa shape index (κ1) is 15.6. The Labute approximate surface area is 136 Å². The molecule has 0 saturated heterocycles. The second-order valence-electron chi connectivity index (χ2n) is 6.14. The van der Waals surface area contributed by atoms with Gasteiger partial charge in [0.05, 0.1) is 6.54 Å². The van der Waals surface area contributed by atoms with Crippen molar-refractivity contribution in [3.63, 3.8) is 0 Å². The van der Waals surface area contributed by atoms with Crippen LogP contribution in [0.25, 0.3) is 0 Å². The van der Waals surface area contributed by atoms with Crippen molar-refractivity contribution in [1.82, 2.24) is 19.6 Å². The molecule has 0 unspecified atom stereocenters. The van der Waals surface area contributed by atoms with Crippen LogP contribution in [0, 0.1) is 0 Å². The second-order valence-corrected chi connectivity index (χ2v) is 6.14. The largest absolute Gasteiger partial charge is 0.323 e. The van der Waals surface area contributed by atoms with Crippen LogP contribution in [0.5, 0.6) is 0 Å². The number of rotatable bonds is 4. The molecule has 0 spiro atoms. The Kier molecular flexibility index (Phi) is 4.62. The third-order valence-corrected chi connectivity index (χ3v) is 4.07. The van der Waals surface area contributed by atoms with E-state index in [1.165, 1.54) is 11.1 Å². The molecule has 3 rings (SSSR count). The summed E-state index contributed by atoms with van der Waals surface area (Å²) in [7, 11) is 4.06. The molecule has 0 bridgehead atoms. The van der Waals surface area contributed by atoms with E-state index in [2.05, 4.69) is 33.5 Å². The third-order valence-electron chi connectivity index (χ3n) is 4.07. The molecule has 2 heterocycles. The van der Waals surface area contributed by atoms with Crippen molar-refractivity contribution in [3.05, 3.63) is 47.7 Å². The number of amides is 2. The van der Waals surface area contributed by atoms with Crippen molar-refractivity contribution < 1.29 is 4.79 Å². The number of benzene rings is 1. The van der Waals surface area contributed by atoms with Crippen LogP contribution in [-0.2, 0) is 19.5 Å². The molecule has 6 heteroatoms. The predicted molar refractivity (Wildman–Crippen MR) is 90.4 cm³/mol. The fraction of sp³-hybridized carbons (Fsp3) is 0.412. The van der Waals surface area contributed by atoms with Crippen LogP contribution in [0.1, 0.15) is 11.1 Å². The highest BCUT2D eigenvalue weighted by molar-refractivity contribution is 5.88. The van der Waals surface area contributed by atoms with Gasteiger partial charge in [0.2, 0.25) is 0 Å². The first-order valence-corrected chi connectivity index (χ1v) is 7.93. The summed E-state index contributed by atoms with van der Waals surface area (Å²) in [6.45, 7) is 3.12. The van der Waals surface area contributed by atoms with E-state index in [9.17, 15) is 4.79 Å². The van der Waals surface area contributed by atoms with E-state index in [1.807, 2.05) is 42.0 Å². The van der Waals surface area contributed by atoms with E-state index in [0.717, 1.165) is 26.1 Å². The lowest BCUT2D eigenvalue weighted by atomic mass is 10.0. The molecule has 1 aromatic heterocycles. The van der Waals surface area contributed by atoms with E-state index >= 15 is 0 Å². The molecule has 1 N–H and O–H groups in total. The molecule has 2 aromatic rings. The highest BCUT2D eigenvalue weighted by Crippen LogP contribution is 2.19. The second kappa shape index (κ2) is 6.83. The van der Waals surface area contributed by atoms with E-state index < -0.39 is 0 Å². The van der Waals surface area contributed by atoms with Gasteiger partial charge in [0.1, 0.15) is 0 Å². The fourth-order valence-electron chi connectivity index (χ4n) is 2.71. The van der Waals surface area contributed by atoms with Crippen LogP contribution in [0.2, 0.25) is 0 Å². The molecule has 2 amide bonds. The Morgan fingerprint density at radius 2 is 2.04 bits per heavy atom. The van der Waals surface area contributed by atoms with Gasteiger partial charge in [0.25, 0.3) is 0 Å². The summed E-state index contributed by atoms with van der Waals surface area (Å²) in [5.41, 5.74) is 2.56. The Morgan fingerprint density at radius 1 is 1.26 bits per heavy atom. The van der Waals surface area contributed by atoms with E-state index in [1.54, 1.807) is 0 Å². The van der Waals surface area contributed by atoms with Crippen molar-refractivity contribution in [2.24, 2.45) is 0 Å². The van der Waals surface area contributed by atoms with Crippen LogP contribution in [-0.4, -0.2) is 52.8 Å². The molecule has 1 aromatic carbocycles. The maximum Gasteiger partial charge on any atom is 0.323 e. The highest BCUT2D eigenvalue weighted by atomic mass is 16.2. The van der Waals surface area contributed by atoms with Gasteiger partial charge in [-0.25, -0.2) is 4.79 Å². The summed E-state index contributed by atoms with van der Waals surface area (Å²) in [4.78, 5) is 16.3. The van der Waals surface area contributed by atoms with Crippen LogP contribution in [0.3, 0.4) is 0 Å². The lowest BCUT2D eigenvalue weighted by Gasteiger charge is -2.28. The molecule has 23 heavy (non-hydrogen) atoms. The summed E-state index contributed by atoms with van der Waals surface area (Å²) in [5.74, 6) is 0.604. The Balaban J connectivity index is 1.58. The maximum atomic E-state index is 12.4. The number of carbonyl (C=O) groups is 1. The number of nitrogens with one attached hydrogen (secondary N) is 1. The number of anilines is 1. The van der Waals surface area contributed by atoms with Crippen molar-refractivity contribution in [1.29, 1.82) is 0 Å². The molecule has 0 saturated carbocycles. The van der Waals surface area contributed by atoms with Gasteiger partial charge in [0.15, 0.2) is 5.82 Å². The molecule has 0 radical (unpaired) electrons. The summed E-state index contributed by atoms with van der Waals surface area (Å²) in [6.07, 6.45) is 2.80. The zero-order valence-electron chi connectivity index (χ0n) is 13.7. The minimum atomic E-state index is -0.0858. The van der Waals surface area contributed by atoms with Gasteiger partial charge in [-0.05, 0) is 31.6 Å². The topological polar surface area (TPSA) is 53.4 Å². The Bertz CT molecular complexity index is 679. The number of likely N-dealkylation sites (N-methyl/N-ethyl adjacent to an activating group) is 1. The van der Waals surface area contributed by atoms with Gasteiger partial charge in [0, 0.05) is 31.9 Å². The number of fused-ring (bicyclic) bond motifs is 1. The van der Waals surface area contributed by atoms with Gasteiger partial charge >= 0.3 is 6.03 Å². The average molecular weight is 313 g/mol. The van der Waals surface area contributed by atoms with Crippen molar-refractivity contribution in [2.75, 3.05) is 32.5 Å². The summed E-state index contributed by atoms with van der Waals surface area (Å²) in [5, 5.41) is 7.28. The molecule has 6 nitrogen and oxygen atoms in total. The number of nitrogens with zero attached hydrogens (tertiary/aromatic N) is 4. The smallest absolute Gasteiger partial charge is 0.320 e. The molecule has 122 valence electrons. The Hall–Kier alpha value is -2.34. The van der Waals surface area contributed by atoms with Crippen molar-refractivity contribution in [3.8, 4) is 0 Å². The maximum absolute atomic E-state index is 12.4. The minimum absolute atomic E-state index is 0.0858. The zero-order chi connectivity index (χ0) is 16.2. The monoisotopic (exact) mass is 313 g/mol. The first-order valence-electron chi connectivity index (χ1n) is 7.93. The van der Waals surface area contributed by atoms with Crippen LogP contribution < -0.4 is 5.32 Å². The number of aromatic nitrogens is 2. The van der Waals surface area contributed by atoms with Gasteiger partial charge in [-0.2, -0.15) is 5.10 Å². The van der Waals surface area contributed by atoms with E-state index in [-0.39, 0.29) is 6.03 Å². The van der Waals surface area contributed by atoms with Crippen molar-refractivity contribution in [2.45, 2.75) is 19.5 Å². The fourth-order valence-corrected chi connectivity index (χ4v) is 2.71. The lowest BCUT2D eigenvalue weighted by Crippen LogP contribution is -2.38. The molecular weight excluding hydrogens is 290 g/mol. The van der Waals surface area contributed by atoms with Gasteiger partial charge in [-0.3, -0.25) is 10.00 Å². The normalized spacial score (nSPS) is 14.0. The highest BCUT2D eigenvalue weighted by Gasteiger charge is 2.20. The minimum Gasteiger partial charge on any atom is -0.320 e. The SMILES string of the molecule is CN(C)CCn1ccc(NC(=O)N2CCc3ccccc3C2)n1. The molecule has 0 fully saturated rings. The molecular formula is C17H23N5O. The summed E-state index contributed by atoms with van der Waals surface area (Å²) < 4.78 is 1.85. The van der Waals surface area contributed by atoms with Crippen LogP contribution in [0.4, 0.5) is 10.6 Å². The van der Waals surface area contributed by atoms with E-state index in [4.69, 9.17) is 0 Å². The summed E-state index contributed by atoms with van der Waals surface area (Å²) >= 11 is 0. The van der Waals surface area contributed by atoms with Crippen LogP contribution in [0.15, 0.2) is 36.5 Å². The molecule has 0 atom stereocenters. The standard InChI is InChI=1S/C17H23N5O/c1-20(2)11-12-22-10-8-16(19-22)18-17(23)21-9-7-14-5-3-4-6-15(14)13-21/h3-6,8,10H,7,9,11-13H2,1-2H3,(H,18,19,23). The van der Waals surface area contributed by atoms with Crippen LogP contribution >= 0.6 is 0 Å². The lowest BCUT2D eigenvalue weighted by molar-refractivity contribution is 0.206. The summed E-state index contributed by atoms with van der Waals surface area (Å²) in [6, 6.07) is 10.0. The number of hydrogen-bond acceptors (Lipinski definition) is 3. The molecule has 1 aliphatic rings. The van der Waals surface area contributed by atoms with Gasteiger partial charge in [-0.1, -0.05) is 24.3 Å². The number of urea groups is 1. The molecule has 0 aliphatic carbocycles. The Morgan fingerprint density at radius 3 is 2.83 bits per heavy atom. The van der Waals surface area contributed by atoms with Gasteiger partial charge < -0.3 is 9.80 Å². The predicted octanol–water partition coefficient (Wildman–Crippen LogP) is 2.03. The number of hydrogen-bond donors (Lipinski definition) is 1. The van der Waals surface area contributed by atoms with E-state index in [0.29, 0.717) is 12.4 Å². The van der Waals surface area contributed by atoms with Crippen molar-refractivity contribution >= 4 is 11.8 Å². The van der Waals surface area contributed by atoms with Gasteiger partial charge in [-0.15, -0.1) is 0 Å². The zero-order valence-corrected chi connectivity index (χ0v) is 13.7.